The Bertz CT molecular complexity index is 768. The van der Waals surface area contributed by atoms with E-state index in [0.29, 0.717) is 29.4 Å². The number of hydrogen-bond acceptors (Lipinski definition) is 5. The third-order valence-electron chi connectivity index (χ3n) is 4.57. The molecule has 1 atom stereocenters. The van der Waals surface area contributed by atoms with Crippen LogP contribution in [-0.2, 0) is 11.8 Å². The Morgan fingerprint density at radius 2 is 2.30 bits per heavy atom. The normalized spacial score (nSPS) is 17.2. The van der Waals surface area contributed by atoms with Crippen LogP contribution in [0.5, 0.6) is 5.75 Å². The van der Waals surface area contributed by atoms with Crippen LogP contribution in [0.4, 0.5) is 5.69 Å². The van der Waals surface area contributed by atoms with Gasteiger partial charge in [0.05, 0.1) is 18.8 Å². The summed E-state index contributed by atoms with van der Waals surface area (Å²) in [5, 5.41) is 6.85. The Morgan fingerprint density at radius 3 is 3.00 bits per heavy atom. The molecule has 0 bridgehead atoms. The molecule has 1 aromatic carbocycles. The number of rotatable bonds is 6. The number of hydrogen-bond donors (Lipinski definition) is 2. The van der Waals surface area contributed by atoms with Crippen LogP contribution >= 0.6 is 24.0 Å². The van der Waals surface area contributed by atoms with Gasteiger partial charge in [-0.2, -0.15) is 0 Å². The molecule has 3 rings (SSSR count). The molecule has 2 aromatic rings. The molecule has 7 nitrogen and oxygen atoms in total. The van der Waals surface area contributed by atoms with Crippen molar-refractivity contribution in [3.05, 3.63) is 41.4 Å². The molecular weight excluding hydrogens is 389 g/mol. The molecule has 0 spiro atoms. The summed E-state index contributed by atoms with van der Waals surface area (Å²) in [7, 11) is 3.56. The van der Waals surface area contributed by atoms with E-state index >= 15 is 0 Å². The fourth-order valence-corrected chi connectivity index (χ4v) is 3.37. The molecular formula is C18H25Cl2N5O2. The van der Waals surface area contributed by atoms with E-state index in [-0.39, 0.29) is 24.4 Å². The van der Waals surface area contributed by atoms with Crippen molar-refractivity contribution in [2.24, 2.45) is 7.05 Å². The highest BCUT2D eigenvalue weighted by Gasteiger charge is 2.26. The number of nitrogens with one attached hydrogen (secondary N) is 2. The fraction of sp³-hybridized carbons (Fsp3) is 0.444. The van der Waals surface area contributed by atoms with Crippen LogP contribution in [0.2, 0.25) is 5.02 Å². The minimum Gasteiger partial charge on any atom is -0.495 e. The number of aryl methyl sites for hydroxylation is 1. The number of halogens is 2. The van der Waals surface area contributed by atoms with Crippen molar-refractivity contribution in [3.8, 4) is 5.75 Å². The number of methoxy groups -OCH3 is 1. The number of benzene rings is 1. The number of carbonyl (C=O) groups excluding carboxylic acids is 1. The summed E-state index contributed by atoms with van der Waals surface area (Å²) in [5.41, 5.74) is 0.589. The van der Waals surface area contributed by atoms with Crippen molar-refractivity contribution < 1.29 is 9.53 Å². The van der Waals surface area contributed by atoms with E-state index in [1.54, 1.807) is 31.5 Å². The minimum atomic E-state index is -0.0670. The van der Waals surface area contributed by atoms with Gasteiger partial charge >= 0.3 is 0 Å². The Morgan fingerprint density at radius 1 is 1.48 bits per heavy atom. The third-order valence-corrected chi connectivity index (χ3v) is 4.81. The first-order valence-electron chi connectivity index (χ1n) is 8.64. The van der Waals surface area contributed by atoms with Crippen LogP contribution in [0, 0.1) is 0 Å². The number of amides is 1. The standard InChI is InChI=1S/C18H24ClN5O2.ClH/c1-23-9-7-21-18(23)15-12-20-6-10-24(15)8-5-17(25)22-14-11-13(19)3-4-16(14)26-2;/h3-4,7,9,11,15,20H,5-6,8,10,12H2,1-2H3,(H,22,25);1H. The van der Waals surface area contributed by atoms with E-state index in [0.717, 1.165) is 25.5 Å². The van der Waals surface area contributed by atoms with Gasteiger partial charge in [-0.05, 0) is 18.2 Å². The number of imidazole rings is 1. The summed E-state index contributed by atoms with van der Waals surface area (Å²) in [6.45, 7) is 3.28. The van der Waals surface area contributed by atoms with Crippen molar-refractivity contribution in [3.63, 3.8) is 0 Å². The molecule has 1 saturated heterocycles. The lowest BCUT2D eigenvalue weighted by Crippen LogP contribution is -2.47. The molecule has 1 amide bonds. The Hall–Kier alpha value is -1.80. The monoisotopic (exact) mass is 413 g/mol. The molecule has 1 aliphatic heterocycles. The molecule has 0 aliphatic carbocycles. The first-order valence-corrected chi connectivity index (χ1v) is 9.01. The van der Waals surface area contributed by atoms with Crippen LogP contribution in [0.1, 0.15) is 18.3 Å². The zero-order chi connectivity index (χ0) is 18.5. The van der Waals surface area contributed by atoms with Crippen molar-refractivity contribution in [1.29, 1.82) is 0 Å². The maximum absolute atomic E-state index is 12.4. The van der Waals surface area contributed by atoms with Gasteiger partial charge < -0.3 is 19.9 Å². The van der Waals surface area contributed by atoms with Crippen LogP contribution in [0.25, 0.3) is 0 Å². The summed E-state index contributed by atoms with van der Waals surface area (Å²) in [4.78, 5) is 19.2. The maximum Gasteiger partial charge on any atom is 0.225 e. The number of aromatic nitrogens is 2. The largest absolute Gasteiger partial charge is 0.495 e. The summed E-state index contributed by atoms with van der Waals surface area (Å²) in [5.74, 6) is 1.53. The molecule has 1 aromatic heterocycles. The van der Waals surface area contributed by atoms with Crippen molar-refractivity contribution in [1.82, 2.24) is 19.8 Å². The molecule has 1 unspecified atom stereocenters. The number of anilines is 1. The van der Waals surface area contributed by atoms with Gasteiger partial charge in [0.1, 0.15) is 11.6 Å². The van der Waals surface area contributed by atoms with Gasteiger partial charge in [0.25, 0.3) is 0 Å². The van der Waals surface area contributed by atoms with Gasteiger partial charge in [0.2, 0.25) is 5.91 Å². The summed E-state index contributed by atoms with van der Waals surface area (Å²) in [6, 6.07) is 5.33. The van der Waals surface area contributed by atoms with E-state index < -0.39 is 0 Å². The maximum atomic E-state index is 12.4. The zero-order valence-electron chi connectivity index (χ0n) is 15.4. The third kappa shape index (κ3) is 5.35. The van der Waals surface area contributed by atoms with Crippen molar-refractivity contribution in [2.75, 3.05) is 38.6 Å². The van der Waals surface area contributed by atoms with Crippen LogP contribution < -0.4 is 15.4 Å². The number of ether oxygens (including phenoxy) is 1. The SMILES string of the molecule is COc1ccc(Cl)cc1NC(=O)CCN1CCNCC1c1nccn1C.Cl. The molecule has 0 radical (unpaired) electrons. The predicted octanol–water partition coefficient (Wildman–Crippen LogP) is 2.48. The topological polar surface area (TPSA) is 71.4 Å². The van der Waals surface area contributed by atoms with Gasteiger partial charge in [-0.25, -0.2) is 4.98 Å². The molecule has 2 N–H and O–H groups in total. The van der Waals surface area contributed by atoms with Crippen LogP contribution in [-0.4, -0.2) is 53.6 Å². The van der Waals surface area contributed by atoms with Gasteiger partial charge in [0.15, 0.2) is 0 Å². The van der Waals surface area contributed by atoms with E-state index in [4.69, 9.17) is 16.3 Å². The van der Waals surface area contributed by atoms with Gasteiger partial charge in [-0.3, -0.25) is 9.69 Å². The molecule has 0 saturated carbocycles. The first kappa shape index (κ1) is 21.5. The Balaban J connectivity index is 0.00000261. The van der Waals surface area contributed by atoms with E-state index in [9.17, 15) is 4.79 Å². The molecule has 148 valence electrons. The highest BCUT2D eigenvalue weighted by atomic mass is 35.5. The summed E-state index contributed by atoms with van der Waals surface area (Å²) < 4.78 is 7.30. The smallest absolute Gasteiger partial charge is 0.225 e. The predicted molar refractivity (Wildman–Crippen MR) is 109 cm³/mol. The Labute approximate surface area is 170 Å². The van der Waals surface area contributed by atoms with E-state index in [1.165, 1.54) is 0 Å². The quantitative estimate of drug-likeness (QED) is 0.760. The van der Waals surface area contributed by atoms with Crippen molar-refractivity contribution >= 4 is 35.6 Å². The average Bonchev–Trinajstić information content (AvgIpc) is 3.06. The van der Waals surface area contributed by atoms with E-state index in [1.807, 2.05) is 17.8 Å². The number of carbonyl (C=O) groups is 1. The lowest BCUT2D eigenvalue weighted by molar-refractivity contribution is -0.116. The van der Waals surface area contributed by atoms with Crippen molar-refractivity contribution in [2.45, 2.75) is 12.5 Å². The second kappa shape index (κ2) is 9.94. The Kier molecular flexibility index (Phi) is 7.91. The molecule has 1 fully saturated rings. The summed E-state index contributed by atoms with van der Waals surface area (Å²) in [6.07, 6.45) is 4.14. The summed E-state index contributed by atoms with van der Waals surface area (Å²) >= 11 is 6.02. The van der Waals surface area contributed by atoms with Gasteiger partial charge in [-0.1, -0.05) is 11.6 Å². The fourth-order valence-electron chi connectivity index (χ4n) is 3.20. The van der Waals surface area contributed by atoms with Crippen LogP contribution in [0.15, 0.2) is 30.6 Å². The average molecular weight is 414 g/mol. The molecule has 2 heterocycles. The lowest BCUT2D eigenvalue weighted by Gasteiger charge is -2.35. The van der Waals surface area contributed by atoms with Gasteiger partial charge in [-0.15, -0.1) is 12.4 Å². The molecule has 1 aliphatic rings. The highest BCUT2D eigenvalue weighted by Crippen LogP contribution is 2.28. The first-order chi connectivity index (χ1) is 12.6. The highest BCUT2D eigenvalue weighted by molar-refractivity contribution is 6.31. The second-order valence-electron chi connectivity index (χ2n) is 6.30. The second-order valence-corrected chi connectivity index (χ2v) is 6.73. The van der Waals surface area contributed by atoms with Gasteiger partial charge in [0, 0.05) is 57.1 Å². The molecule has 27 heavy (non-hydrogen) atoms. The van der Waals surface area contributed by atoms with Crippen LogP contribution in [0.3, 0.4) is 0 Å². The number of piperazine rings is 1. The van der Waals surface area contributed by atoms with E-state index in [2.05, 4.69) is 20.5 Å². The molecule has 9 heteroatoms. The zero-order valence-corrected chi connectivity index (χ0v) is 17.0. The minimum absolute atomic E-state index is 0. The number of nitrogens with zero attached hydrogens (tertiary/aromatic N) is 3. The lowest BCUT2D eigenvalue weighted by atomic mass is 10.1.